The first-order valence-corrected chi connectivity index (χ1v) is 7.12. The van der Waals surface area contributed by atoms with Crippen LogP contribution < -0.4 is 5.32 Å². The number of aromatic nitrogens is 1. The Bertz CT molecular complexity index is 544. The molecule has 17 heavy (non-hydrogen) atoms. The van der Waals surface area contributed by atoms with Crippen LogP contribution in [0.2, 0.25) is 0 Å². The second kappa shape index (κ2) is 4.46. The highest BCUT2D eigenvalue weighted by molar-refractivity contribution is 9.10. The summed E-state index contributed by atoms with van der Waals surface area (Å²) in [7, 11) is 0. The third kappa shape index (κ3) is 1.91. The number of halogens is 1. The van der Waals surface area contributed by atoms with Gasteiger partial charge in [0.2, 0.25) is 0 Å². The van der Waals surface area contributed by atoms with Crippen molar-refractivity contribution in [1.29, 1.82) is 0 Å². The fraction of sp³-hybridized carbons (Fsp3) is 0.429. The SMILES string of the molecule is CCNC1CCCc2[nH]c3ccc(Br)cc3c21. The van der Waals surface area contributed by atoms with E-state index in [9.17, 15) is 0 Å². The molecule has 1 aromatic heterocycles. The zero-order valence-electron chi connectivity index (χ0n) is 10.0. The molecule has 2 aromatic rings. The molecule has 0 aliphatic heterocycles. The number of H-pyrrole nitrogens is 1. The summed E-state index contributed by atoms with van der Waals surface area (Å²) in [4.78, 5) is 3.57. The molecule has 3 heteroatoms. The van der Waals surface area contributed by atoms with E-state index in [4.69, 9.17) is 0 Å². The van der Waals surface area contributed by atoms with E-state index in [0.717, 1.165) is 11.0 Å². The predicted molar refractivity (Wildman–Crippen MR) is 75.4 cm³/mol. The molecular formula is C14H17BrN2. The summed E-state index contributed by atoms with van der Waals surface area (Å²) in [6.07, 6.45) is 3.71. The van der Waals surface area contributed by atoms with Crippen molar-refractivity contribution in [1.82, 2.24) is 10.3 Å². The molecular weight excluding hydrogens is 276 g/mol. The minimum absolute atomic E-state index is 0.520. The van der Waals surface area contributed by atoms with E-state index in [-0.39, 0.29) is 0 Å². The minimum atomic E-state index is 0.520. The van der Waals surface area contributed by atoms with Crippen LogP contribution in [0.4, 0.5) is 0 Å². The molecule has 0 saturated heterocycles. The van der Waals surface area contributed by atoms with Crippen molar-refractivity contribution in [2.24, 2.45) is 0 Å². The summed E-state index contributed by atoms with van der Waals surface area (Å²) in [5.74, 6) is 0. The maximum absolute atomic E-state index is 3.60. The van der Waals surface area contributed by atoms with E-state index in [1.165, 1.54) is 41.4 Å². The molecule has 0 fully saturated rings. The highest BCUT2D eigenvalue weighted by Gasteiger charge is 2.23. The van der Waals surface area contributed by atoms with E-state index in [0.29, 0.717) is 6.04 Å². The van der Waals surface area contributed by atoms with Crippen molar-refractivity contribution in [3.63, 3.8) is 0 Å². The second-order valence-electron chi connectivity index (χ2n) is 4.71. The van der Waals surface area contributed by atoms with Crippen molar-refractivity contribution < 1.29 is 0 Å². The van der Waals surface area contributed by atoms with E-state index < -0.39 is 0 Å². The lowest BCUT2D eigenvalue weighted by molar-refractivity contribution is 0.473. The van der Waals surface area contributed by atoms with Crippen LogP contribution in [-0.4, -0.2) is 11.5 Å². The second-order valence-corrected chi connectivity index (χ2v) is 5.63. The lowest BCUT2D eigenvalue weighted by Gasteiger charge is -2.23. The first-order chi connectivity index (χ1) is 8.29. The highest BCUT2D eigenvalue weighted by atomic mass is 79.9. The summed E-state index contributed by atoms with van der Waals surface area (Å²) >= 11 is 3.57. The van der Waals surface area contributed by atoms with Gasteiger partial charge in [0.15, 0.2) is 0 Å². The van der Waals surface area contributed by atoms with E-state index in [1.807, 2.05) is 0 Å². The zero-order valence-corrected chi connectivity index (χ0v) is 11.6. The van der Waals surface area contributed by atoms with Crippen LogP contribution in [0.25, 0.3) is 10.9 Å². The molecule has 0 bridgehead atoms. The number of hydrogen-bond donors (Lipinski definition) is 2. The number of fused-ring (bicyclic) bond motifs is 3. The Morgan fingerprint density at radius 3 is 3.18 bits per heavy atom. The third-order valence-electron chi connectivity index (χ3n) is 3.60. The molecule has 2 N–H and O–H groups in total. The quantitative estimate of drug-likeness (QED) is 0.863. The Balaban J connectivity index is 2.18. The third-order valence-corrected chi connectivity index (χ3v) is 4.09. The fourth-order valence-electron chi connectivity index (χ4n) is 2.91. The Morgan fingerprint density at radius 2 is 2.35 bits per heavy atom. The molecule has 0 amide bonds. The number of benzene rings is 1. The largest absolute Gasteiger partial charge is 0.358 e. The monoisotopic (exact) mass is 292 g/mol. The van der Waals surface area contributed by atoms with E-state index in [1.54, 1.807) is 0 Å². The van der Waals surface area contributed by atoms with Gasteiger partial charge in [-0.25, -0.2) is 0 Å². The van der Waals surface area contributed by atoms with Gasteiger partial charge < -0.3 is 10.3 Å². The molecule has 0 spiro atoms. The van der Waals surface area contributed by atoms with Crippen molar-refractivity contribution in [2.45, 2.75) is 32.2 Å². The van der Waals surface area contributed by atoms with Crippen LogP contribution in [0.15, 0.2) is 22.7 Å². The van der Waals surface area contributed by atoms with Gasteiger partial charge in [0.1, 0.15) is 0 Å². The van der Waals surface area contributed by atoms with Gasteiger partial charge in [0, 0.05) is 27.1 Å². The summed E-state index contributed by atoms with van der Waals surface area (Å²) < 4.78 is 1.16. The van der Waals surface area contributed by atoms with Crippen LogP contribution in [0.5, 0.6) is 0 Å². The maximum Gasteiger partial charge on any atom is 0.0460 e. The number of nitrogens with one attached hydrogen (secondary N) is 2. The van der Waals surface area contributed by atoms with Gasteiger partial charge in [0.05, 0.1) is 0 Å². The molecule has 1 aromatic carbocycles. The summed E-state index contributed by atoms with van der Waals surface area (Å²) in [6.45, 7) is 3.21. The van der Waals surface area contributed by atoms with Gasteiger partial charge in [-0.15, -0.1) is 0 Å². The lowest BCUT2D eigenvalue weighted by atomic mass is 9.91. The summed E-state index contributed by atoms with van der Waals surface area (Å²) in [5, 5.41) is 4.98. The summed E-state index contributed by atoms with van der Waals surface area (Å²) in [5.41, 5.74) is 4.19. The normalized spacial score (nSPS) is 19.5. The molecule has 2 nitrogen and oxygen atoms in total. The smallest absolute Gasteiger partial charge is 0.0460 e. The number of aromatic amines is 1. The Labute approximate surface area is 110 Å². The van der Waals surface area contributed by atoms with Crippen LogP contribution >= 0.6 is 15.9 Å². The zero-order chi connectivity index (χ0) is 11.8. The topological polar surface area (TPSA) is 27.8 Å². The van der Waals surface area contributed by atoms with Crippen LogP contribution in [0, 0.1) is 0 Å². The van der Waals surface area contributed by atoms with Gasteiger partial charge in [-0.2, -0.15) is 0 Å². The Hall–Kier alpha value is -0.800. The first kappa shape index (κ1) is 11.3. The van der Waals surface area contributed by atoms with Gasteiger partial charge in [-0.1, -0.05) is 22.9 Å². The molecule has 0 saturated carbocycles. The van der Waals surface area contributed by atoms with Crippen molar-refractivity contribution in [3.05, 3.63) is 33.9 Å². The Kier molecular flexibility index (Phi) is 2.97. The van der Waals surface area contributed by atoms with Gasteiger partial charge in [0.25, 0.3) is 0 Å². The average molecular weight is 293 g/mol. The van der Waals surface area contributed by atoms with E-state index in [2.05, 4.69) is 51.4 Å². The van der Waals surface area contributed by atoms with Crippen LogP contribution in [0.1, 0.15) is 37.1 Å². The maximum atomic E-state index is 3.60. The number of rotatable bonds is 2. The van der Waals surface area contributed by atoms with E-state index >= 15 is 0 Å². The molecule has 3 rings (SSSR count). The van der Waals surface area contributed by atoms with Crippen LogP contribution in [-0.2, 0) is 6.42 Å². The lowest BCUT2D eigenvalue weighted by Crippen LogP contribution is -2.24. The van der Waals surface area contributed by atoms with Crippen molar-refractivity contribution >= 4 is 26.8 Å². The molecule has 1 heterocycles. The van der Waals surface area contributed by atoms with Gasteiger partial charge in [-0.05, 0) is 49.6 Å². The molecule has 90 valence electrons. The molecule has 1 unspecified atom stereocenters. The molecule has 1 aliphatic rings. The van der Waals surface area contributed by atoms with Crippen molar-refractivity contribution in [2.75, 3.05) is 6.54 Å². The predicted octanol–water partition coefficient (Wildman–Crippen LogP) is 3.92. The number of aryl methyl sites for hydroxylation is 1. The molecule has 1 aliphatic carbocycles. The molecule has 1 atom stereocenters. The standard InChI is InChI=1S/C14H17BrN2/c1-2-16-12-4-3-5-13-14(12)10-8-9(15)6-7-11(10)17-13/h6-8,12,16-17H,2-5H2,1H3. The average Bonchev–Trinajstić information content (AvgIpc) is 2.68. The fourth-order valence-corrected chi connectivity index (χ4v) is 3.27. The van der Waals surface area contributed by atoms with Crippen LogP contribution in [0.3, 0.4) is 0 Å². The highest BCUT2D eigenvalue weighted by Crippen LogP contribution is 2.36. The molecule has 0 radical (unpaired) electrons. The van der Waals surface area contributed by atoms with Gasteiger partial charge in [-0.3, -0.25) is 0 Å². The first-order valence-electron chi connectivity index (χ1n) is 6.33. The number of hydrogen-bond acceptors (Lipinski definition) is 1. The Morgan fingerprint density at radius 1 is 1.47 bits per heavy atom. The van der Waals surface area contributed by atoms with Gasteiger partial charge >= 0.3 is 0 Å². The van der Waals surface area contributed by atoms with Crippen molar-refractivity contribution in [3.8, 4) is 0 Å². The minimum Gasteiger partial charge on any atom is -0.358 e. The summed E-state index contributed by atoms with van der Waals surface area (Å²) in [6, 6.07) is 7.03.